The van der Waals surface area contributed by atoms with E-state index in [1.54, 1.807) is 4.90 Å². The molecule has 10 heteroatoms. The lowest BCUT2D eigenvalue weighted by Crippen LogP contribution is -2.49. The molecule has 0 saturated carbocycles. The van der Waals surface area contributed by atoms with Crippen LogP contribution in [0.15, 0.2) is 35.1 Å². The number of carbonyl (C=O) groups is 1. The number of carbonyl (C=O) groups excluding carboxylic acids is 1. The number of hydrogen-bond acceptors (Lipinski definition) is 7. The molecule has 0 radical (unpaired) electrons. The lowest BCUT2D eigenvalue weighted by molar-refractivity contribution is 0.0138. The SMILES string of the molecule is CC(C)(C)OC(=O)N1CCN(Cc2cc(=O)n3[nH]c(NCc4ccc(C(C)(C)C)cc4)nc3n2)CC1. The van der Waals surface area contributed by atoms with E-state index in [1.807, 2.05) is 20.8 Å². The van der Waals surface area contributed by atoms with Crippen LogP contribution >= 0.6 is 0 Å². The summed E-state index contributed by atoms with van der Waals surface area (Å²) in [6.07, 6.45) is -0.290. The third kappa shape index (κ3) is 6.42. The second kappa shape index (κ2) is 9.93. The molecule has 1 amide bonds. The molecule has 36 heavy (non-hydrogen) atoms. The molecule has 3 heterocycles. The van der Waals surface area contributed by atoms with Gasteiger partial charge in [0.2, 0.25) is 5.95 Å². The second-order valence-corrected chi connectivity index (χ2v) is 11.3. The maximum atomic E-state index is 12.7. The van der Waals surface area contributed by atoms with Gasteiger partial charge in [0.15, 0.2) is 0 Å². The number of H-pyrrole nitrogens is 1. The number of hydrogen-bond donors (Lipinski definition) is 2. The van der Waals surface area contributed by atoms with Gasteiger partial charge >= 0.3 is 6.09 Å². The Labute approximate surface area is 211 Å². The third-order valence-corrected chi connectivity index (χ3v) is 6.07. The number of amides is 1. The average Bonchev–Trinajstić information content (AvgIpc) is 3.20. The molecule has 2 N–H and O–H groups in total. The Hall–Kier alpha value is -3.40. The predicted molar refractivity (Wildman–Crippen MR) is 139 cm³/mol. The second-order valence-electron chi connectivity index (χ2n) is 11.3. The number of fused-ring (bicyclic) bond motifs is 1. The molecule has 0 unspecified atom stereocenters. The molecule has 1 fully saturated rings. The van der Waals surface area contributed by atoms with E-state index in [4.69, 9.17) is 4.74 Å². The number of rotatable bonds is 5. The molecule has 10 nitrogen and oxygen atoms in total. The van der Waals surface area contributed by atoms with E-state index >= 15 is 0 Å². The normalized spacial score (nSPS) is 15.3. The molecule has 1 saturated heterocycles. The first-order chi connectivity index (χ1) is 16.9. The lowest BCUT2D eigenvalue weighted by Gasteiger charge is -2.35. The monoisotopic (exact) mass is 495 g/mol. The first-order valence-corrected chi connectivity index (χ1v) is 12.4. The van der Waals surface area contributed by atoms with Gasteiger partial charge < -0.3 is 15.0 Å². The molecule has 1 aliphatic heterocycles. The van der Waals surface area contributed by atoms with Crippen molar-refractivity contribution >= 4 is 17.8 Å². The van der Waals surface area contributed by atoms with Gasteiger partial charge in [0.25, 0.3) is 11.3 Å². The van der Waals surface area contributed by atoms with Crippen molar-refractivity contribution < 1.29 is 9.53 Å². The summed E-state index contributed by atoms with van der Waals surface area (Å²) < 4.78 is 6.80. The van der Waals surface area contributed by atoms with Crippen molar-refractivity contribution in [3.63, 3.8) is 0 Å². The number of aromatic nitrogens is 4. The van der Waals surface area contributed by atoms with Gasteiger partial charge in [-0.1, -0.05) is 45.0 Å². The van der Waals surface area contributed by atoms with E-state index in [0.29, 0.717) is 56.7 Å². The summed E-state index contributed by atoms with van der Waals surface area (Å²) in [6.45, 7) is 15.8. The minimum atomic E-state index is -0.510. The summed E-state index contributed by atoms with van der Waals surface area (Å²) in [5.74, 6) is 0.818. The van der Waals surface area contributed by atoms with Crippen molar-refractivity contribution in [1.82, 2.24) is 29.4 Å². The van der Waals surface area contributed by atoms with E-state index in [-0.39, 0.29) is 17.1 Å². The van der Waals surface area contributed by atoms with Gasteiger partial charge in [-0.05, 0) is 37.3 Å². The fourth-order valence-corrected chi connectivity index (χ4v) is 4.04. The van der Waals surface area contributed by atoms with Crippen LogP contribution in [-0.2, 0) is 23.2 Å². The Kier molecular flexibility index (Phi) is 7.08. The van der Waals surface area contributed by atoms with Gasteiger partial charge in [0, 0.05) is 45.3 Å². The molecule has 0 atom stereocenters. The zero-order chi connectivity index (χ0) is 26.1. The van der Waals surface area contributed by atoms with Gasteiger partial charge in [-0.25, -0.2) is 9.78 Å². The molecular weight excluding hydrogens is 458 g/mol. The number of ether oxygens (including phenoxy) is 1. The highest BCUT2D eigenvalue weighted by atomic mass is 16.6. The van der Waals surface area contributed by atoms with E-state index < -0.39 is 5.60 Å². The molecule has 1 aliphatic rings. The molecule has 194 valence electrons. The Morgan fingerprint density at radius 2 is 1.69 bits per heavy atom. The number of piperazine rings is 1. The highest BCUT2D eigenvalue weighted by molar-refractivity contribution is 5.68. The van der Waals surface area contributed by atoms with Crippen molar-refractivity contribution in [3.05, 3.63) is 57.5 Å². The standard InChI is InChI=1S/C26H37N7O3/c1-25(2,3)19-9-7-18(8-10-19)16-27-22-29-23-28-20(15-21(34)33(23)30-22)17-31-11-13-32(14-12-31)24(35)36-26(4,5)6/h7-10,15H,11-14,16-17H2,1-6H3,(H2,27,28,29,30). The summed E-state index contributed by atoms with van der Waals surface area (Å²) in [5.41, 5.74) is 2.45. The fourth-order valence-electron chi connectivity index (χ4n) is 4.04. The van der Waals surface area contributed by atoms with Crippen LogP contribution in [0.3, 0.4) is 0 Å². The van der Waals surface area contributed by atoms with Gasteiger partial charge in [0.05, 0.1) is 5.69 Å². The van der Waals surface area contributed by atoms with Crippen LogP contribution in [0.25, 0.3) is 5.78 Å². The summed E-state index contributed by atoms with van der Waals surface area (Å²) in [7, 11) is 0. The highest BCUT2D eigenvalue weighted by Crippen LogP contribution is 2.22. The number of nitrogens with one attached hydrogen (secondary N) is 2. The van der Waals surface area contributed by atoms with Crippen molar-refractivity contribution in [2.75, 3.05) is 31.5 Å². The smallest absolute Gasteiger partial charge is 0.410 e. The van der Waals surface area contributed by atoms with Gasteiger partial charge in [-0.15, -0.1) is 0 Å². The maximum absolute atomic E-state index is 12.7. The zero-order valence-corrected chi connectivity index (χ0v) is 22.1. The number of nitrogens with zero attached hydrogens (tertiary/aromatic N) is 5. The molecule has 0 aliphatic carbocycles. The topological polar surface area (TPSA) is 108 Å². The Morgan fingerprint density at radius 3 is 2.31 bits per heavy atom. The van der Waals surface area contributed by atoms with Crippen molar-refractivity contribution in [2.24, 2.45) is 0 Å². The van der Waals surface area contributed by atoms with Crippen molar-refractivity contribution in [3.8, 4) is 0 Å². The Bertz CT molecular complexity index is 1260. The molecular formula is C26H37N7O3. The van der Waals surface area contributed by atoms with Crippen LogP contribution in [0.5, 0.6) is 0 Å². The van der Waals surface area contributed by atoms with Crippen LogP contribution in [0.4, 0.5) is 10.7 Å². The number of aromatic amines is 1. The number of benzene rings is 1. The van der Waals surface area contributed by atoms with Crippen LogP contribution in [0.2, 0.25) is 0 Å². The predicted octanol–water partition coefficient (Wildman–Crippen LogP) is 3.38. The van der Waals surface area contributed by atoms with Gasteiger partial charge in [-0.3, -0.25) is 14.8 Å². The molecule has 3 aromatic rings. The summed E-state index contributed by atoms with van der Waals surface area (Å²) in [6, 6.07) is 10.0. The van der Waals surface area contributed by atoms with Crippen LogP contribution < -0.4 is 10.9 Å². The highest BCUT2D eigenvalue weighted by Gasteiger charge is 2.26. The summed E-state index contributed by atoms with van der Waals surface area (Å²) in [4.78, 5) is 37.9. The van der Waals surface area contributed by atoms with Crippen LogP contribution in [-0.4, -0.2) is 67.3 Å². The Balaban J connectivity index is 1.36. The molecule has 1 aromatic carbocycles. The zero-order valence-electron chi connectivity index (χ0n) is 22.1. The lowest BCUT2D eigenvalue weighted by atomic mass is 9.87. The van der Waals surface area contributed by atoms with Crippen molar-refractivity contribution in [1.29, 1.82) is 0 Å². The van der Waals surface area contributed by atoms with Crippen LogP contribution in [0.1, 0.15) is 58.4 Å². The molecule has 0 spiro atoms. The summed E-state index contributed by atoms with van der Waals surface area (Å²) in [5, 5.41) is 6.23. The fraction of sp³-hybridized carbons (Fsp3) is 0.538. The number of anilines is 1. The van der Waals surface area contributed by atoms with E-state index in [9.17, 15) is 9.59 Å². The maximum Gasteiger partial charge on any atom is 0.410 e. The minimum Gasteiger partial charge on any atom is -0.444 e. The summed E-state index contributed by atoms with van der Waals surface area (Å²) >= 11 is 0. The van der Waals surface area contributed by atoms with E-state index in [2.05, 4.69) is 70.3 Å². The van der Waals surface area contributed by atoms with E-state index in [1.165, 1.54) is 16.1 Å². The minimum absolute atomic E-state index is 0.112. The van der Waals surface area contributed by atoms with E-state index in [0.717, 1.165) is 5.56 Å². The van der Waals surface area contributed by atoms with Gasteiger partial charge in [0.1, 0.15) is 5.60 Å². The Morgan fingerprint density at radius 1 is 1.03 bits per heavy atom. The quantitative estimate of drug-likeness (QED) is 0.559. The van der Waals surface area contributed by atoms with Gasteiger partial charge in [-0.2, -0.15) is 9.50 Å². The molecule has 2 aromatic heterocycles. The first kappa shape index (κ1) is 25.7. The third-order valence-electron chi connectivity index (χ3n) is 6.07. The average molecular weight is 496 g/mol. The van der Waals surface area contributed by atoms with Crippen LogP contribution in [0, 0.1) is 0 Å². The van der Waals surface area contributed by atoms with Crippen molar-refractivity contribution in [2.45, 2.75) is 65.6 Å². The largest absolute Gasteiger partial charge is 0.444 e. The molecule has 4 rings (SSSR count). The molecule has 0 bridgehead atoms. The first-order valence-electron chi connectivity index (χ1n) is 12.4.